The van der Waals surface area contributed by atoms with E-state index in [0.717, 1.165) is 19.5 Å². The Bertz CT molecular complexity index is 527. The lowest BCUT2D eigenvalue weighted by molar-refractivity contribution is -0.134. The van der Waals surface area contributed by atoms with Crippen LogP contribution in [0.5, 0.6) is 0 Å². The molecule has 3 N–H and O–H groups in total. The molecule has 1 aliphatic heterocycles. The van der Waals surface area contributed by atoms with Crippen molar-refractivity contribution in [3.8, 4) is 0 Å². The van der Waals surface area contributed by atoms with Gasteiger partial charge in [0.25, 0.3) is 0 Å². The highest BCUT2D eigenvalue weighted by Crippen LogP contribution is 2.17. The Labute approximate surface area is 137 Å². The lowest BCUT2D eigenvalue weighted by Crippen LogP contribution is -2.57. The summed E-state index contributed by atoms with van der Waals surface area (Å²) < 4.78 is 0. The molecule has 2 rings (SSSR count). The molecule has 2 atom stereocenters. The van der Waals surface area contributed by atoms with Gasteiger partial charge in [0.15, 0.2) is 0 Å². The third kappa shape index (κ3) is 4.37. The molecule has 1 fully saturated rings. The molecule has 126 valence electrons. The maximum absolute atomic E-state index is 12.7. The van der Waals surface area contributed by atoms with Crippen LogP contribution in [0, 0.1) is 5.92 Å². The van der Waals surface area contributed by atoms with Crippen LogP contribution >= 0.6 is 0 Å². The van der Waals surface area contributed by atoms with E-state index in [1.807, 2.05) is 36.9 Å². The van der Waals surface area contributed by atoms with Crippen molar-refractivity contribution in [2.24, 2.45) is 11.7 Å². The Morgan fingerprint density at radius 2 is 1.78 bits per heavy atom. The van der Waals surface area contributed by atoms with Crippen molar-refractivity contribution in [2.45, 2.75) is 26.3 Å². The number of amides is 3. The lowest BCUT2D eigenvalue weighted by atomic mass is 9.97. The molecule has 6 heteroatoms. The van der Waals surface area contributed by atoms with Gasteiger partial charge < -0.3 is 20.9 Å². The summed E-state index contributed by atoms with van der Waals surface area (Å²) >= 11 is 0. The first-order valence-corrected chi connectivity index (χ1v) is 8.17. The van der Waals surface area contributed by atoms with Crippen LogP contribution in [0.4, 0.5) is 10.5 Å². The van der Waals surface area contributed by atoms with Gasteiger partial charge in [-0.15, -0.1) is 0 Å². The van der Waals surface area contributed by atoms with E-state index in [1.165, 1.54) is 5.69 Å². The number of primary amides is 1. The summed E-state index contributed by atoms with van der Waals surface area (Å²) in [6.07, 6.45) is 0.806. The molecule has 0 saturated carbocycles. The number of nitrogens with one attached hydrogen (secondary N) is 1. The number of anilines is 1. The van der Waals surface area contributed by atoms with E-state index in [4.69, 9.17) is 5.73 Å². The van der Waals surface area contributed by atoms with E-state index in [0.29, 0.717) is 13.1 Å². The monoisotopic (exact) mass is 318 g/mol. The molecular weight excluding hydrogens is 292 g/mol. The third-order valence-corrected chi connectivity index (χ3v) is 4.49. The van der Waals surface area contributed by atoms with E-state index >= 15 is 0 Å². The van der Waals surface area contributed by atoms with E-state index in [1.54, 1.807) is 0 Å². The van der Waals surface area contributed by atoms with E-state index in [9.17, 15) is 9.59 Å². The normalized spacial score (nSPS) is 17.5. The molecule has 0 unspecified atom stereocenters. The zero-order valence-corrected chi connectivity index (χ0v) is 13.9. The Morgan fingerprint density at radius 3 is 2.30 bits per heavy atom. The van der Waals surface area contributed by atoms with E-state index in [-0.39, 0.29) is 11.8 Å². The van der Waals surface area contributed by atoms with Crippen molar-refractivity contribution in [1.82, 2.24) is 10.2 Å². The average Bonchev–Trinajstić information content (AvgIpc) is 2.59. The van der Waals surface area contributed by atoms with Gasteiger partial charge in [0.2, 0.25) is 5.91 Å². The Hall–Kier alpha value is -2.24. The molecule has 1 aliphatic rings. The van der Waals surface area contributed by atoms with Crippen molar-refractivity contribution in [3.05, 3.63) is 30.3 Å². The number of hydrogen-bond acceptors (Lipinski definition) is 3. The molecule has 3 amide bonds. The van der Waals surface area contributed by atoms with Gasteiger partial charge in [-0.2, -0.15) is 0 Å². The van der Waals surface area contributed by atoms with Crippen LogP contribution in [0.25, 0.3) is 0 Å². The fraction of sp³-hybridized carbons (Fsp3) is 0.529. The summed E-state index contributed by atoms with van der Waals surface area (Å²) in [6, 6.07) is 9.00. The average molecular weight is 318 g/mol. The number of nitrogens with two attached hydrogens (primary N) is 1. The van der Waals surface area contributed by atoms with Gasteiger partial charge >= 0.3 is 6.03 Å². The number of carbonyl (C=O) groups is 2. The second-order valence-corrected chi connectivity index (χ2v) is 6.02. The van der Waals surface area contributed by atoms with E-state index < -0.39 is 12.1 Å². The highest BCUT2D eigenvalue weighted by atomic mass is 16.2. The standard InChI is InChI=1S/C17H26N4O2/c1-3-13(2)15(19-17(18)23)16(22)21-11-9-20(10-12-21)14-7-5-4-6-8-14/h4-8,13,15H,3,9-12H2,1-2H3,(H3,18,19,23)/t13-,15-/m0/s1. The van der Waals surface area contributed by atoms with Gasteiger partial charge in [0.1, 0.15) is 6.04 Å². The Balaban J connectivity index is 1.97. The molecular formula is C17H26N4O2. The van der Waals surface area contributed by atoms with Gasteiger partial charge in [-0.05, 0) is 18.1 Å². The SMILES string of the molecule is CC[C@H](C)[C@H](NC(N)=O)C(=O)N1CCN(c2ccccc2)CC1. The van der Waals surface area contributed by atoms with Crippen LogP contribution < -0.4 is 16.0 Å². The highest BCUT2D eigenvalue weighted by Gasteiger charge is 2.31. The number of carbonyl (C=O) groups excluding carboxylic acids is 2. The number of piperazine rings is 1. The van der Waals surface area contributed by atoms with Crippen molar-refractivity contribution in [3.63, 3.8) is 0 Å². The number of para-hydroxylation sites is 1. The molecule has 1 aromatic rings. The number of nitrogens with zero attached hydrogens (tertiary/aromatic N) is 2. The first kappa shape index (κ1) is 17.1. The van der Waals surface area contributed by atoms with Crippen LogP contribution in [0.1, 0.15) is 20.3 Å². The molecule has 0 bridgehead atoms. The van der Waals surface area contributed by atoms with Crippen molar-refractivity contribution in [2.75, 3.05) is 31.1 Å². The Morgan fingerprint density at radius 1 is 1.17 bits per heavy atom. The van der Waals surface area contributed by atoms with Crippen LogP contribution in [-0.2, 0) is 4.79 Å². The fourth-order valence-corrected chi connectivity index (χ4v) is 2.86. The van der Waals surface area contributed by atoms with E-state index in [2.05, 4.69) is 22.3 Å². The minimum atomic E-state index is -0.647. The predicted molar refractivity (Wildman–Crippen MR) is 91.2 cm³/mol. The molecule has 1 heterocycles. The second-order valence-electron chi connectivity index (χ2n) is 6.02. The summed E-state index contributed by atoms with van der Waals surface area (Å²) in [4.78, 5) is 28.0. The number of rotatable bonds is 5. The van der Waals surface area contributed by atoms with Crippen LogP contribution in [-0.4, -0.2) is 49.1 Å². The van der Waals surface area contributed by atoms with Gasteiger partial charge in [0.05, 0.1) is 0 Å². The second kappa shape index (κ2) is 7.85. The summed E-state index contributed by atoms with van der Waals surface area (Å²) in [7, 11) is 0. The topological polar surface area (TPSA) is 78.7 Å². The summed E-state index contributed by atoms with van der Waals surface area (Å²) in [5.74, 6) is 0.0213. The van der Waals surface area contributed by atoms with Gasteiger partial charge in [-0.1, -0.05) is 38.5 Å². The number of urea groups is 1. The molecule has 0 radical (unpaired) electrons. The molecule has 0 aliphatic carbocycles. The first-order valence-electron chi connectivity index (χ1n) is 8.17. The van der Waals surface area contributed by atoms with Crippen LogP contribution in [0.3, 0.4) is 0 Å². The van der Waals surface area contributed by atoms with Gasteiger partial charge in [-0.3, -0.25) is 4.79 Å². The predicted octanol–water partition coefficient (Wildman–Crippen LogP) is 1.42. The minimum absolute atomic E-state index is 0.0362. The first-order chi connectivity index (χ1) is 11.0. The molecule has 23 heavy (non-hydrogen) atoms. The Kier molecular flexibility index (Phi) is 5.84. The quantitative estimate of drug-likeness (QED) is 0.862. The fourth-order valence-electron chi connectivity index (χ4n) is 2.86. The third-order valence-electron chi connectivity index (χ3n) is 4.49. The summed E-state index contributed by atoms with van der Waals surface area (Å²) in [5, 5.41) is 2.60. The van der Waals surface area contributed by atoms with Crippen molar-refractivity contribution in [1.29, 1.82) is 0 Å². The zero-order valence-electron chi connectivity index (χ0n) is 13.9. The van der Waals surface area contributed by atoms with Crippen LogP contribution in [0.15, 0.2) is 30.3 Å². The maximum atomic E-state index is 12.7. The number of hydrogen-bond donors (Lipinski definition) is 2. The minimum Gasteiger partial charge on any atom is -0.368 e. The molecule has 1 saturated heterocycles. The van der Waals surface area contributed by atoms with Crippen LogP contribution in [0.2, 0.25) is 0 Å². The molecule has 0 spiro atoms. The lowest BCUT2D eigenvalue weighted by Gasteiger charge is -2.38. The molecule has 1 aromatic carbocycles. The maximum Gasteiger partial charge on any atom is 0.312 e. The number of benzene rings is 1. The van der Waals surface area contributed by atoms with Gasteiger partial charge in [-0.25, -0.2) is 4.79 Å². The zero-order chi connectivity index (χ0) is 16.8. The van der Waals surface area contributed by atoms with Gasteiger partial charge in [0, 0.05) is 31.9 Å². The smallest absolute Gasteiger partial charge is 0.312 e. The largest absolute Gasteiger partial charge is 0.368 e. The summed E-state index contributed by atoms with van der Waals surface area (Å²) in [5.41, 5.74) is 6.40. The van der Waals surface area contributed by atoms with Crippen molar-refractivity contribution >= 4 is 17.6 Å². The van der Waals surface area contributed by atoms with Crippen molar-refractivity contribution < 1.29 is 9.59 Å². The summed E-state index contributed by atoms with van der Waals surface area (Å²) in [6.45, 7) is 6.85. The molecule has 0 aromatic heterocycles. The molecule has 6 nitrogen and oxygen atoms in total. The highest BCUT2D eigenvalue weighted by molar-refractivity contribution is 5.87.